The van der Waals surface area contributed by atoms with Gasteiger partial charge >= 0.3 is 0 Å². The van der Waals surface area contributed by atoms with Crippen LogP contribution in [0.15, 0.2) is 53.7 Å². The quantitative estimate of drug-likeness (QED) is 0.194. The molecule has 30 heavy (non-hydrogen) atoms. The van der Waals surface area contributed by atoms with E-state index in [4.69, 9.17) is 4.74 Å². The average Bonchev–Trinajstić information content (AvgIpc) is 3.14. The number of aliphatic imine (C=N–C) groups is 1. The van der Waals surface area contributed by atoms with Crippen molar-refractivity contribution in [3.8, 4) is 5.75 Å². The number of ether oxygens (including phenoxy) is 1. The Morgan fingerprint density at radius 3 is 2.77 bits per heavy atom. The summed E-state index contributed by atoms with van der Waals surface area (Å²) < 4.78 is 21.3. The van der Waals surface area contributed by atoms with Gasteiger partial charge in [-0.25, -0.2) is 9.38 Å². The number of rotatable bonds is 9. The van der Waals surface area contributed by atoms with Crippen LogP contribution in [0.4, 0.5) is 4.39 Å². The summed E-state index contributed by atoms with van der Waals surface area (Å²) in [6.07, 6.45) is 3.43. The molecule has 162 valence electrons. The lowest BCUT2D eigenvalue weighted by molar-refractivity contribution is 0.220. The van der Waals surface area contributed by atoms with Gasteiger partial charge in [-0.2, -0.15) is 0 Å². The average molecular weight is 526 g/mol. The number of pyridine rings is 1. The highest BCUT2D eigenvalue weighted by Crippen LogP contribution is 2.17. The first kappa shape index (κ1) is 23.8. The van der Waals surface area contributed by atoms with Crippen LogP contribution < -0.4 is 15.4 Å². The SMILES string of the molecule is CCNC(=NCC(C)Oc1ccccc1F)NCCCc1nnc2ccccn12.I. The van der Waals surface area contributed by atoms with Crippen molar-refractivity contribution in [3.05, 3.63) is 60.3 Å². The van der Waals surface area contributed by atoms with E-state index >= 15 is 0 Å². The molecule has 1 aromatic carbocycles. The van der Waals surface area contributed by atoms with Crippen molar-refractivity contribution in [1.29, 1.82) is 0 Å². The first-order valence-electron chi connectivity index (χ1n) is 9.89. The van der Waals surface area contributed by atoms with E-state index in [1.807, 2.05) is 42.6 Å². The number of aromatic nitrogens is 3. The van der Waals surface area contributed by atoms with Gasteiger partial charge in [-0.15, -0.1) is 34.2 Å². The summed E-state index contributed by atoms with van der Waals surface area (Å²) in [7, 11) is 0. The monoisotopic (exact) mass is 526 g/mol. The van der Waals surface area contributed by atoms with Crippen LogP contribution in [-0.4, -0.2) is 46.3 Å². The molecule has 2 heterocycles. The molecule has 7 nitrogen and oxygen atoms in total. The molecule has 1 unspecified atom stereocenters. The minimum Gasteiger partial charge on any atom is -0.486 e. The van der Waals surface area contributed by atoms with Gasteiger partial charge in [0, 0.05) is 25.7 Å². The third-order valence-corrected chi connectivity index (χ3v) is 4.27. The molecule has 0 aliphatic heterocycles. The molecule has 0 bridgehead atoms. The van der Waals surface area contributed by atoms with E-state index in [1.165, 1.54) is 6.07 Å². The van der Waals surface area contributed by atoms with E-state index < -0.39 is 0 Å². The summed E-state index contributed by atoms with van der Waals surface area (Å²) in [6, 6.07) is 12.3. The Morgan fingerprint density at radius 2 is 1.97 bits per heavy atom. The number of halogens is 2. The lowest BCUT2D eigenvalue weighted by Gasteiger charge is -2.15. The Kier molecular flexibility index (Phi) is 9.78. The largest absolute Gasteiger partial charge is 0.486 e. The minimum atomic E-state index is -0.366. The van der Waals surface area contributed by atoms with Crippen molar-refractivity contribution in [2.24, 2.45) is 4.99 Å². The van der Waals surface area contributed by atoms with Crippen LogP contribution in [0, 0.1) is 5.82 Å². The first-order valence-corrected chi connectivity index (χ1v) is 9.89. The summed E-state index contributed by atoms with van der Waals surface area (Å²) in [6.45, 7) is 5.80. The molecule has 0 amide bonds. The number of aryl methyl sites for hydroxylation is 1. The molecule has 0 radical (unpaired) electrons. The maximum Gasteiger partial charge on any atom is 0.191 e. The number of guanidine groups is 1. The second kappa shape index (κ2) is 12.3. The van der Waals surface area contributed by atoms with Crippen LogP contribution in [0.1, 0.15) is 26.1 Å². The molecule has 9 heteroatoms. The van der Waals surface area contributed by atoms with E-state index in [1.54, 1.807) is 18.2 Å². The summed E-state index contributed by atoms with van der Waals surface area (Å²) in [4.78, 5) is 4.54. The number of para-hydroxylation sites is 1. The second-order valence-corrected chi connectivity index (χ2v) is 6.65. The Balaban J connectivity index is 0.00000320. The smallest absolute Gasteiger partial charge is 0.191 e. The molecule has 0 aliphatic rings. The van der Waals surface area contributed by atoms with Crippen molar-refractivity contribution >= 4 is 35.6 Å². The molecule has 3 rings (SSSR count). The number of hydrogen-bond donors (Lipinski definition) is 2. The zero-order valence-corrected chi connectivity index (χ0v) is 19.5. The highest BCUT2D eigenvalue weighted by Gasteiger charge is 2.08. The highest BCUT2D eigenvalue weighted by atomic mass is 127. The second-order valence-electron chi connectivity index (χ2n) is 6.65. The molecule has 0 aliphatic carbocycles. The molecule has 0 saturated heterocycles. The normalized spacial score (nSPS) is 12.3. The molecular formula is C21H28FIN6O. The van der Waals surface area contributed by atoms with Crippen LogP contribution in [0.3, 0.4) is 0 Å². The molecule has 1 atom stereocenters. The fourth-order valence-corrected chi connectivity index (χ4v) is 2.87. The molecular weight excluding hydrogens is 498 g/mol. The number of benzene rings is 1. The number of hydrogen-bond acceptors (Lipinski definition) is 4. The first-order chi connectivity index (χ1) is 14.2. The van der Waals surface area contributed by atoms with Gasteiger partial charge in [0.05, 0.1) is 6.54 Å². The van der Waals surface area contributed by atoms with Gasteiger partial charge in [-0.05, 0) is 44.5 Å². The van der Waals surface area contributed by atoms with Crippen LogP contribution >= 0.6 is 24.0 Å². The van der Waals surface area contributed by atoms with E-state index in [2.05, 4.69) is 25.8 Å². The Morgan fingerprint density at radius 1 is 1.17 bits per heavy atom. The zero-order chi connectivity index (χ0) is 20.5. The maximum atomic E-state index is 13.7. The Labute approximate surface area is 193 Å². The van der Waals surface area contributed by atoms with E-state index in [9.17, 15) is 4.39 Å². The summed E-state index contributed by atoms with van der Waals surface area (Å²) in [5.41, 5.74) is 0.856. The lowest BCUT2D eigenvalue weighted by atomic mass is 10.3. The van der Waals surface area contributed by atoms with Gasteiger partial charge in [0.1, 0.15) is 11.9 Å². The summed E-state index contributed by atoms with van der Waals surface area (Å²) in [5, 5.41) is 14.9. The van der Waals surface area contributed by atoms with Gasteiger partial charge in [0.15, 0.2) is 23.2 Å². The van der Waals surface area contributed by atoms with E-state index in [0.717, 1.165) is 37.4 Å². The number of nitrogens with one attached hydrogen (secondary N) is 2. The van der Waals surface area contributed by atoms with Gasteiger partial charge in [-0.3, -0.25) is 4.40 Å². The van der Waals surface area contributed by atoms with Crippen LogP contribution in [0.25, 0.3) is 5.65 Å². The van der Waals surface area contributed by atoms with Gasteiger partial charge in [0.25, 0.3) is 0 Å². The Bertz CT molecular complexity index is 948. The van der Waals surface area contributed by atoms with Crippen LogP contribution in [0.2, 0.25) is 0 Å². The fraction of sp³-hybridized carbons (Fsp3) is 0.381. The van der Waals surface area contributed by atoms with Gasteiger partial charge < -0.3 is 15.4 Å². The standard InChI is InChI=1S/C21H27FN6O.HI/c1-3-23-21(25-15-16(2)29-18-10-5-4-9-17(18)22)24-13-8-12-20-27-26-19-11-6-7-14-28(19)20;/h4-7,9-11,14,16H,3,8,12-13,15H2,1-2H3,(H2,23,24,25);1H. The molecule has 0 spiro atoms. The van der Waals surface area contributed by atoms with Crippen molar-refractivity contribution < 1.29 is 9.13 Å². The van der Waals surface area contributed by atoms with Gasteiger partial charge in [0.2, 0.25) is 0 Å². The highest BCUT2D eigenvalue weighted by molar-refractivity contribution is 14.0. The molecule has 0 saturated carbocycles. The minimum absolute atomic E-state index is 0. The third kappa shape index (κ3) is 6.82. The van der Waals surface area contributed by atoms with Crippen LogP contribution in [-0.2, 0) is 6.42 Å². The predicted molar refractivity (Wildman–Crippen MR) is 127 cm³/mol. The summed E-state index contributed by atoms with van der Waals surface area (Å²) >= 11 is 0. The Hall–Kier alpha value is -2.43. The van der Waals surface area contributed by atoms with Crippen molar-refractivity contribution in [1.82, 2.24) is 25.2 Å². The topological polar surface area (TPSA) is 75.8 Å². The molecule has 0 fully saturated rings. The van der Waals surface area contributed by atoms with Gasteiger partial charge in [-0.1, -0.05) is 18.2 Å². The van der Waals surface area contributed by atoms with Crippen molar-refractivity contribution in [3.63, 3.8) is 0 Å². The fourth-order valence-electron chi connectivity index (χ4n) is 2.87. The molecule has 2 aromatic heterocycles. The lowest BCUT2D eigenvalue weighted by Crippen LogP contribution is -2.38. The van der Waals surface area contributed by atoms with Crippen molar-refractivity contribution in [2.45, 2.75) is 32.8 Å². The van der Waals surface area contributed by atoms with E-state index in [0.29, 0.717) is 12.5 Å². The predicted octanol–water partition coefficient (Wildman–Crippen LogP) is 3.44. The summed E-state index contributed by atoms with van der Waals surface area (Å²) in [5.74, 6) is 1.53. The number of nitrogens with zero attached hydrogens (tertiary/aromatic N) is 4. The zero-order valence-electron chi connectivity index (χ0n) is 17.2. The van der Waals surface area contributed by atoms with Crippen LogP contribution in [0.5, 0.6) is 5.75 Å². The molecule has 3 aromatic rings. The number of fused-ring (bicyclic) bond motifs is 1. The van der Waals surface area contributed by atoms with Crippen molar-refractivity contribution in [2.75, 3.05) is 19.6 Å². The van der Waals surface area contributed by atoms with E-state index in [-0.39, 0.29) is 41.6 Å². The maximum absolute atomic E-state index is 13.7. The third-order valence-electron chi connectivity index (χ3n) is 4.27. The molecule has 2 N–H and O–H groups in total.